The van der Waals surface area contributed by atoms with Crippen LogP contribution in [-0.2, 0) is 19.6 Å². The van der Waals surface area contributed by atoms with Crippen molar-refractivity contribution in [2.24, 2.45) is 5.41 Å². The molecule has 1 aliphatic carbocycles. The van der Waals surface area contributed by atoms with E-state index in [1.807, 2.05) is 13.8 Å². The minimum absolute atomic E-state index is 0.0761. The Morgan fingerprint density at radius 3 is 2.69 bits per heavy atom. The van der Waals surface area contributed by atoms with Gasteiger partial charge in [0.15, 0.2) is 23.1 Å². The third kappa shape index (κ3) is 4.62. The number of carbonyl (C=O) groups is 1. The summed E-state index contributed by atoms with van der Waals surface area (Å²) in [5.74, 6) is -1.01. The summed E-state index contributed by atoms with van der Waals surface area (Å²) < 4.78 is 48.3. The molecule has 2 atom stereocenters. The van der Waals surface area contributed by atoms with Crippen LogP contribution in [0.5, 0.6) is 0 Å². The lowest BCUT2D eigenvalue weighted by Crippen LogP contribution is -2.49. The maximum atomic E-state index is 15.0. The molecule has 0 bridgehead atoms. The molecule has 12 heteroatoms. The molecule has 0 aliphatic heterocycles. The van der Waals surface area contributed by atoms with Crippen LogP contribution in [-0.4, -0.2) is 51.4 Å². The van der Waals surface area contributed by atoms with Gasteiger partial charge in [0.2, 0.25) is 0 Å². The molecule has 0 radical (unpaired) electrons. The molecule has 10 nitrogen and oxygen atoms in total. The zero-order valence-electron chi connectivity index (χ0n) is 21.9. The molecule has 39 heavy (non-hydrogen) atoms. The SMILES string of the molecule is CC[C@@]1(C(=O)OC)CCCC[C@H]1Nc1nc(-c2cn(S(=O)(=O)c3ccc(C)cc3)c3ncncc23)ncc1F. The minimum Gasteiger partial charge on any atom is -0.469 e. The Bertz CT molecular complexity index is 1640. The van der Waals surface area contributed by atoms with Crippen LogP contribution >= 0.6 is 0 Å². The number of anilines is 1. The summed E-state index contributed by atoms with van der Waals surface area (Å²) >= 11 is 0. The minimum atomic E-state index is -4.01. The van der Waals surface area contributed by atoms with E-state index in [1.165, 1.54) is 38.0 Å². The number of aromatic nitrogens is 5. The van der Waals surface area contributed by atoms with E-state index in [-0.39, 0.29) is 28.2 Å². The smallest absolute Gasteiger partial charge is 0.313 e. The van der Waals surface area contributed by atoms with E-state index in [2.05, 4.69) is 25.3 Å². The van der Waals surface area contributed by atoms with Crippen LogP contribution in [0.25, 0.3) is 22.4 Å². The van der Waals surface area contributed by atoms with Crippen LogP contribution in [0.1, 0.15) is 44.6 Å². The molecule has 1 N–H and O–H groups in total. The molecule has 0 amide bonds. The zero-order valence-corrected chi connectivity index (χ0v) is 22.7. The number of esters is 1. The van der Waals surface area contributed by atoms with Gasteiger partial charge in [-0.2, -0.15) is 0 Å². The van der Waals surface area contributed by atoms with Gasteiger partial charge >= 0.3 is 5.97 Å². The fourth-order valence-electron chi connectivity index (χ4n) is 5.35. The second-order valence-electron chi connectivity index (χ2n) is 9.75. The summed E-state index contributed by atoms with van der Waals surface area (Å²) in [6.45, 7) is 3.79. The summed E-state index contributed by atoms with van der Waals surface area (Å²) in [7, 11) is -2.65. The van der Waals surface area contributed by atoms with Crippen molar-refractivity contribution >= 4 is 32.8 Å². The number of halogens is 1. The molecule has 3 aromatic heterocycles. The normalized spacial score (nSPS) is 19.6. The maximum absolute atomic E-state index is 15.0. The second kappa shape index (κ2) is 10.3. The first-order valence-corrected chi connectivity index (χ1v) is 14.2. The van der Waals surface area contributed by atoms with Crippen LogP contribution < -0.4 is 5.32 Å². The van der Waals surface area contributed by atoms with E-state index in [1.54, 1.807) is 12.1 Å². The molecule has 4 aromatic rings. The monoisotopic (exact) mass is 552 g/mol. The molecule has 0 saturated heterocycles. The predicted octanol–water partition coefficient (Wildman–Crippen LogP) is 4.50. The average Bonchev–Trinajstić information content (AvgIpc) is 3.35. The number of hydrogen-bond donors (Lipinski definition) is 1. The maximum Gasteiger partial charge on any atom is 0.313 e. The first kappa shape index (κ1) is 26.7. The van der Waals surface area contributed by atoms with Gasteiger partial charge < -0.3 is 10.1 Å². The molecule has 1 aliphatic rings. The number of aryl methyl sites for hydroxylation is 1. The van der Waals surface area contributed by atoms with Gasteiger partial charge in [-0.3, -0.25) is 4.79 Å². The van der Waals surface area contributed by atoms with Crippen molar-refractivity contribution in [3.63, 3.8) is 0 Å². The van der Waals surface area contributed by atoms with Gasteiger partial charge in [-0.05, 0) is 38.3 Å². The number of nitrogens with zero attached hydrogens (tertiary/aromatic N) is 5. The molecule has 204 valence electrons. The average molecular weight is 553 g/mol. The molecular weight excluding hydrogens is 523 g/mol. The lowest BCUT2D eigenvalue weighted by atomic mass is 9.68. The van der Waals surface area contributed by atoms with Crippen molar-refractivity contribution in [2.75, 3.05) is 12.4 Å². The second-order valence-corrected chi connectivity index (χ2v) is 11.6. The van der Waals surface area contributed by atoms with Crippen molar-refractivity contribution < 1.29 is 22.3 Å². The lowest BCUT2D eigenvalue weighted by Gasteiger charge is -2.41. The summed E-state index contributed by atoms with van der Waals surface area (Å²) in [4.78, 5) is 29.8. The van der Waals surface area contributed by atoms with Crippen LogP contribution in [0.4, 0.5) is 10.2 Å². The first-order valence-electron chi connectivity index (χ1n) is 12.7. The van der Waals surface area contributed by atoms with Gasteiger partial charge in [-0.1, -0.05) is 37.5 Å². The largest absolute Gasteiger partial charge is 0.469 e. The third-order valence-electron chi connectivity index (χ3n) is 7.57. The van der Waals surface area contributed by atoms with Gasteiger partial charge in [-0.25, -0.2) is 36.7 Å². The Morgan fingerprint density at radius 1 is 1.21 bits per heavy atom. The molecule has 3 heterocycles. The van der Waals surface area contributed by atoms with E-state index in [0.717, 1.165) is 28.6 Å². The van der Waals surface area contributed by atoms with E-state index in [0.29, 0.717) is 30.2 Å². The summed E-state index contributed by atoms with van der Waals surface area (Å²) in [6.07, 6.45) is 8.66. The number of rotatable bonds is 7. The predicted molar refractivity (Wildman–Crippen MR) is 143 cm³/mol. The molecule has 0 unspecified atom stereocenters. The van der Waals surface area contributed by atoms with E-state index in [9.17, 15) is 13.2 Å². The number of hydrogen-bond acceptors (Lipinski definition) is 9. The highest BCUT2D eigenvalue weighted by atomic mass is 32.2. The Labute approximate surface area is 225 Å². The van der Waals surface area contributed by atoms with E-state index in [4.69, 9.17) is 4.74 Å². The number of fused-ring (bicyclic) bond motifs is 1. The molecule has 1 saturated carbocycles. The molecular formula is C27H29FN6O4S. The van der Waals surface area contributed by atoms with Crippen molar-refractivity contribution in [2.45, 2.75) is 56.9 Å². The fraction of sp³-hybridized carbons (Fsp3) is 0.370. The lowest BCUT2D eigenvalue weighted by molar-refractivity contribution is -0.155. The van der Waals surface area contributed by atoms with E-state index >= 15 is 4.39 Å². The number of ether oxygens (including phenoxy) is 1. The fourth-order valence-corrected chi connectivity index (χ4v) is 6.67. The molecule has 5 rings (SSSR count). The van der Waals surface area contributed by atoms with Gasteiger partial charge in [0.25, 0.3) is 10.0 Å². The Balaban J connectivity index is 1.58. The molecule has 1 fully saturated rings. The number of methoxy groups -OCH3 is 1. The van der Waals surface area contributed by atoms with Gasteiger partial charge in [0.05, 0.1) is 23.6 Å². The quantitative estimate of drug-likeness (QED) is 0.330. The van der Waals surface area contributed by atoms with E-state index < -0.39 is 27.3 Å². The Kier molecular flexibility index (Phi) is 7.06. The van der Waals surface area contributed by atoms with Crippen molar-refractivity contribution in [3.8, 4) is 11.4 Å². The van der Waals surface area contributed by atoms with Crippen molar-refractivity contribution in [1.82, 2.24) is 23.9 Å². The van der Waals surface area contributed by atoms with Crippen LogP contribution in [0.2, 0.25) is 0 Å². The van der Waals surface area contributed by atoms with Gasteiger partial charge in [-0.15, -0.1) is 0 Å². The summed E-state index contributed by atoms with van der Waals surface area (Å²) in [5, 5.41) is 3.54. The highest BCUT2D eigenvalue weighted by Gasteiger charge is 2.47. The van der Waals surface area contributed by atoms with Gasteiger partial charge in [0.1, 0.15) is 6.33 Å². The highest BCUT2D eigenvalue weighted by Crippen LogP contribution is 2.42. The van der Waals surface area contributed by atoms with Gasteiger partial charge in [0, 0.05) is 29.4 Å². The molecule has 1 aromatic carbocycles. The third-order valence-corrected chi connectivity index (χ3v) is 9.23. The molecule has 0 spiro atoms. The van der Waals surface area contributed by atoms with Crippen LogP contribution in [0.3, 0.4) is 0 Å². The van der Waals surface area contributed by atoms with Crippen molar-refractivity contribution in [3.05, 3.63) is 60.6 Å². The van der Waals surface area contributed by atoms with Crippen LogP contribution in [0.15, 0.2) is 54.1 Å². The van der Waals surface area contributed by atoms with Crippen molar-refractivity contribution in [1.29, 1.82) is 0 Å². The first-order chi connectivity index (χ1) is 18.7. The Hall–Kier alpha value is -3.93. The highest BCUT2D eigenvalue weighted by molar-refractivity contribution is 7.90. The number of benzene rings is 1. The zero-order chi connectivity index (χ0) is 27.8. The topological polar surface area (TPSA) is 129 Å². The summed E-state index contributed by atoms with van der Waals surface area (Å²) in [5.41, 5.74) is 0.580. The standard InChI is InChI=1S/C27H29FN6O4S/c1-4-27(26(35)38-3)12-6-5-7-22(27)32-24-21(28)14-30-23(33-24)20-15-34(25-19(20)13-29-16-31-25)39(36,37)18-10-8-17(2)9-11-18/h8-11,13-16,22H,4-7,12H2,1-3H3,(H,30,32,33)/t22-,27-/m1/s1. The number of nitrogens with one attached hydrogen (secondary N) is 1. The van der Waals surface area contributed by atoms with Crippen LogP contribution in [0, 0.1) is 18.2 Å². The number of carbonyl (C=O) groups excluding carboxylic acids is 1. The Morgan fingerprint density at radius 2 is 1.97 bits per heavy atom. The summed E-state index contributed by atoms with van der Waals surface area (Å²) in [6, 6.07) is 6.09.